The van der Waals surface area contributed by atoms with E-state index < -0.39 is 28.4 Å². The van der Waals surface area contributed by atoms with Gasteiger partial charge in [-0.25, -0.2) is 13.2 Å². The maximum atomic E-state index is 12.2. The lowest BCUT2D eigenvalue weighted by molar-refractivity contribution is -0.137. The molecule has 0 heterocycles. The van der Waals surface area contributed by atoms with Crippen LogP contribution in [0.5, 0.6) is 0 Å². The lowest BCUT2D eigenvalue weighted by atomic mass is 10.1. The molecule has 8 heteroatoms. The van der Waals surface area contributed by atoms with Crippen molar-refractivity contribution in [3.05, 3.63) is 70.8 Å². The molecule has 29 heavy (non-hydrogen) atoms. The molecule has 150 valence electrons. The van der Waals surface area contributed by atoms with Crippen molar-refractivity contribution in [1.82, 2.24) is 0 Å². The Kier molecular flexibility index (Phi) is 6.91. The van der Waals surface area contributed by atoms with Gasteiger partial charge in [-0.05, 0) is 42.8 Å². The molecule has 0 spiro atoms. The van der Waals surface area contributed by atoms with Crippen LogP contribution in [0.15, 0.2) is 54.1 Å². The molecular weight excluding hydrogens is 392 g/mol. The summed E-state index contributed by atoms with van der Waals surface area (Å²) in [6.45, 7) is 1.39. The molecule has 0 unspecified atom stereocenters. The quantitative estimate of drug-likeness (QED) is 0.300. The van der Waals surface area contributed by atoms with Crippen molar-refractivity contribution in [2.75, 3.05) is 24.2 Å². The highest BCUT2D eigenvalue weighted by atomic mass is 32.2. The normalized spacial score (nSPS) is 11.4. The predicted octanol–water partition coefficient (Wildman–Crippen LogP) is 2.72. The van der Waals surface area contributed by atoms with Crippen LogP contribution in [0, 0.1) is 18.3 Å². The number of ketones is 1. The number of benzene rings is 2. The molecule has 2 aromatic carbocycles. The fraction of sp³-hybridized carbons (Fsp3) is 0.190. The van der Waals surface area contributed by atoms with E-state index in [1.165, 1.54) is 37.4 Å². The first-order valence-electron chi connectivity index (χ1n) is 8.54. The van der Waals surface area contributed by atoms with Gasteiger partial charge in [0.1, 0.15) is 11.6 Å². The van der Waals surface area contributed by atoms with Gasteiger partial charge in [-0.1, -0.05) is 29.8 Å². The molecule has 0 aromatic heterocycles. The highest BCUT2D eigenvalue weighted by Crippen LogP contribution is 2.17. The number of esters is 1. The van der Waals surface area contributed by atoms with Gasteiger partial charge in [0.15, 0.2) is 12.4 Å². The summed E-state index contributed by atoms with van der Waals surface area (Å²) in [5.41, 5.74) is 2.15. The van der Waals surface area contributed by atoms with Crippen molar-refractivity contribution in [1.29, 1.82) is 5.26 Å². The smallest absolute Gasteiger partial charge is 0.349 e. The van der Waals surface area contributed by atoms with Crippen molar-refractivity contribution < 1.29 is 22.7 Å². The molecule has 0 radical (unpaired) electrons. The second kappa shape index (κ2) is 9.17. The first-order valence-corrected chi connectivity index (χ1v) is 10.4. The molecule has 2 aromatic rings. The van der Waals surface area contributed by atoms with Crippen LogP contribution in [-0.4, -0.2) is 40.1 Å². The standard InChI is InChI=1S/C21H20N2O5S/c1-15-4-6-16(7-5-15)12-18(13-22)21(25)28-14-20(24)17-8-10-19(11-9-17)23(2)29(3,26)27/h4-12H,14H2,1-3H3/b18-12+. The Balaban J connectivity index is 2.03. The third-order valence-corrected chi connectivity index (χ3v) is 5.32. The summed E-state index contributed by atoms with van der Waals surface area (Å²) in [4.78, 5) is 24.3. The number of hydrogen-bond donors (Lipinski definition) is 0. The number of Topliss-reactive ketones (excluding diaryl/α,β-unsaturated/α-hetero) is 1. The van der Waals surface area contributed by atoms with Crippen molar-refractivity contribution in [2.24, 2.45) is 0 Å². The van der Waals surface area contributed by atoms with E-state index in [2.05, 4.69) is 0 Å². The number of nitriles is 1. The number of ether oxygens (including phenoxy) is 1. The average molecular weight is 412 g/mol. The molecule has 0 aliphatic rings. The van der Waals surface area contributed by atoms with E-state index >= 15 is 0 Å². The first kappa shape index (κ1) is 21.9. The van der Waals surface area contributed by atoms with Gasteiger partial charge in [0, 0.05) is 12.6 Å². The summed E-state index contributed by atoms with van der Waals surface area (Å²) in [6, 6.07) is 14.8. The molecule has 0 aliphatic heterocycles. The topological polar surface area (TPSA) is 105 Å². The number of sulfonamides is 1. The summed E-state index contributed by atoms with van der Waals surface area (Å²) >= 11 is 0. The summed E-state index contributed by atoms with van der Waals surface area (Å²) in [7, 11) is -2.01. The molecular formula is C21H20N2O5S. The van der Waals surface area contributed by atoms with Crippen LogP contribution in [-0.2, 0) is 19.6 Å². The Morgan fingerprint density at radius 1 is 1.10 bits per heavy atom. The predicted molar refractivity (Wildman–Crippen MR) is 110 cm³/mol. The maximum Gasteiger partial charge on any atom is 0.349 e. The molecule has 2 rings (SSSR count). The SMILES string of the molecule is Cc1ccc(/C=C(\C#N)C(=O)OCC(=O)c2ccc(N(C)S(C)(=O)=O)cc2)cc1. The third-order valence-electron chi connectivity index (χ3n) is 4.11. The second-order valence-corrected chi connectivity index (χ2v) is 8.37. The Bertz CT molecular complexity index is 1080. The Morgan fingerprint density at radius 3 is 2.21 bits per heavy atom. The van der Waals surface area contributed by atoms with Crippen LogP contribution in [0.2, 0.25) is 0 Å². The number of rotatable bonds is 7. The van der Waals surface area contributed by atoms with E-state index in [9.17, 15) is 23.3 Å². The number of hydrogen-bond acceptors (Lipinski definition) is 6. The molecule has 0 saturated carbocycles. The van der Waals surface area contributed by atoms with Crippen LogP contribution >= 0.6 is 0 Å². The van der Waals surface area contributed by atoms with Crippen molar-refractivity contribution >= 4 is 33.5 Å². The van der Waals surface area contributed by atoms with E-state index in [0.29, 0.717) is 11.3 Å². The minimum atomic E-state index is -3.41. The summed E-state index contributed by atoms with van der Waals surface area (Å²) < 4.78 is 29.1. The summed E-state index contributed by atoms with van der Waals surface area (Å²) in [6.07, 6.45) is 2.46. The van der Waals surface area contributed by atoms with Gasteiger partial charge in [-0.2, -0.15) is 5.26 Å². The van der Waals surface area contributed by atoms with E-state index in [1.807, 2.05) is 19.1 Å². The molecule has 0 aliphatic carbocycles. The zero-order chi connectivity index (χ0) is 21.6. The van der Waals surface area contributed by atoms with Gasteiger partial charge in [-0.3, -0.25) is 9.10 Å². The summed E-state index contributed by atoms with van der Waals surface area (Å²) in [5.74, 6) is -1.37. The van der Waals surface area contributed by atoms with Gasteiger partial charge in [0.2, 0.25) is 10.0 Å². The van der Waals surface area contributed by atoms with E-state index in [4.69, 9.17) is 4.74 Å². The maximum absolute atomic E-state index is 12.2. The van der Waals surface area contributed by atoms with Crippen molar-refractivity contribution in [2.45, 2.75) is 6.92 Å². The average Bonchev–Trinajstić information content (AvgIpc) is 2.70. The van der Waals surface area contributed by atoms with Crippen LogP contribution in [0.25, 0.3) is 6.08 Å². The number of carbonyl (C=O) groups is 2. The first-order chi connectivity index (χ1) is 13.6. The summed E-state index contributed by atoms with van der Waals surface area (Å²) in [5, 5.41) is 9.19. The number of aryl methyl sites for hydroxylation is 1. The monoisotopic (exact) mass is 412 g/mol. The van der Waals surface area contributed by atoms with Crippen molar-refractivity contribution in [3.8, 4) is 6.07 Å². The molecule has 0 atom stereocenters. The third kappa shape index (κ3) is 6.02. The van der Waals surface area contributed by atoms with Gasteiger partial charge in [-0.15, -0.1) is 0 Å². The lowest BCUT2D eigenvalue weighted by Gasteiger charge is -2.16. The van der Waals surface area contributed by atoms with Crippen LogP contribution in [0.1, 0.15) is 21.5 Å². The van der Waals surface area contributed by atoms with Crippen LogP contribution in [0.3, 0.4) is 0 Å². The number of carbonyl (C=O) groups excluding carboxylic acids is 2. The largest absolute Gasteiger partial charge is 0.453 e. The van der Waals surface area contributed by atoms with Gasteiger partial charge < -0.3 is 4.74 Å². The van der Waals surface area contributed by atoms with Gasteiger partial charge in [0.25, 0.3) is 0 Å². The molecule has 0 fully saturated rings. The molecule has 0 bridgehead atoms. The molecule has 7 nitrogen and oxygen atoms in total. The minimum absolute atomic E-state index is 0.216. The van der Waals surface area contributed by atoms with Crippen LogP contribution in [0.4, 0.5) is 5.69 Å². The number of anilines is 1. The lowest BCUT2D eigenvalue weighted by Crippen LogP contribution is -2.24. The molecule has 0 amide bonds. The molecule has 0 N–H and O–H groups in total. The minimum Gasteiger partial charge on any atom is -0.453 e. The van der Waals surface area contributed by atoms with Crippen molar-refractivity contribution in [3.63, 3.8) is 0 Å². The second-order valence-electron chi connectivity index (χ2n) is 6.36. The van der Waals surface area contributed by atoms with Gasteiger partial charge >= 0.3 is 5.97 Å². The van der Waals surface area contributed by atoms with Crippen LogP contribution < -0.4 is 4.31 Å². The Morgan fingerprint density at radius 2 is 1.69 bits per heavy atom. The Labute approximate surface area is 169 Å². The fourth-order valence-electron chi connectivity index (χ4n) is 2.31. The van der Waals surface area contributed by atoms with E-state index in [-0.39, 0.29) is 11.1 Å². The zero-order valence-electron chi connectivity index (χ0n) is 16.2. The van der Waals surface area contributed by atoms with E-state index in [1.54, 1.807) is 18.2 Å². The highest BCUT2D eigenvalue weighted by Gasteiger charge is 2.16. The highest BCUT2D eigenvalue weighted by molar-refractivity contribution is 7.92. The molecule has 0 saturated heterocycles. The van der Waals surface area contributed by atoms with Gasteiger partial charge in [0.05, 0.1) is 11.9 Å². The van der Waals surface area contributed by atoms with E-state index in [0.717, 1.165) is 16.1 Å². The number of nitrogens with zero attached hydrogens (tertiary/aromatic N) is 2. The Hall–Kier alpha value is -3.44. The zero-order valence-corrected chi connectivity index (χ0v) is 17.1. The fourth-order valence-corrected chi connectivity index (χ4v) is 2.81.